The lowest BCUT2D eigenvalue weighted by molar-refractivity contribution is -0.917. The number of ketones is 1. The first kappa shape index (κ1) is 9.83. The molecule has 2 aliphatic carbocycles. The number of rotatable bonds is 1. The first-order valence-electron chi connectivity index (χ1n) is 6.74. The second-order valence-electron chi connectivity index (χ2n) is 5.69. The molecule has 2 heteroatoms. The highest BCUT2D eigenvalue weighted by atomic mass is 16.1. The summed E-state index contributed by atoms with van der Waals surface area (Å²) in [6.45, 7) is 2.66. The van der Waals surface area contributed by atoms with Crippen LogP contribution < -0.4 is 4.90 Å². The second kappa shape index (κ2) is 3.89. The van der Waals surface area contributed by atoms with E-state index >= 15 is 0 Å². The summed E-state index contributed by atoms with van der Waals surface area (Å²) in [6, 6.07) is 0.705. The summed E-state index contributed by atoms with van der Waals surface area (Å²) in [5.74, 6) is 1.55. The number of fused-ring (bicyclic) bond motifs is 2. The van der Waals surface area contributed by atoms with E-state index in [1.165, 1.54) is 58.0 Å². The lowest BCUT2D eigenvalue weighted by Crippen LogP contribution is -3.15. The van der Waals surface area contributed by atoms with Crippen molar-refractivity contribution in [3.05, 3.63) is 0 Å². The Hall–Kier alpha value is -0.370. The van der Waals surface area contributed by atoms with Crippen LogP contribution in [0.25, 0.3) is 0 Å². The zero-order chi connectivity index (χ0) is 10.3. The maximum Gasteiger partial charge on any atom is 0.144 e. The number of Topliss-reactive ketones (excluding diaryl/α,β-unsaturated/α-hetero) is 1. The highest BCUT2D eigenvalue weighted by molar-refractivity contribution is 5.85. The molecule has 2 bridgehead atoms. The summed E-state index contributed by atoms with van der Waals surface area (Å²) in [5.41, 5.74) is 0. The molecule has 2 nitrogen and oxygen atoms in total. The van der Waals surface area contributed by atoms with E-state index in [2.05, 4.69) is 0 Å². The third-order valence-corrected chi connectivity index (χ3v) is 4.92. The van der Waals surface area contributed by atoms with Crippen molar-refractivity contribution in [3.8, 4) is 0 Å². The zero-order valence-electron chi connectivity index (χ0n) is 9.50. The van der Waals surface area contributed by atoms with E-state index in [0.29, 0.717) is 23.7 Å². The van der Waals surface area contributed by atoms with E-state index in [-0.39, 0.29) is 0 Å². The van der Waals surface area contributed by atoms with Gasteiger partial charge < -0.3 is 4.90 Å². The Labute approximate surface area is 92.0 Å². The molecule has 3 fully saturated rings. The minimum absolute atomic E-state index is 0.450. The van der Waals surface area contributed by atoms with E-state index < -0.39 is 0 Å². The number of carbonyl (C=O) groups is 1. The average Bonchev–Trinajstić information content (AvgIpc) is 2.70. The summed E-state index contributed by atoms with van der Waals surface area (Å²) in [6.07, 6.45) is 9.00. The number of hydrogen-bond acceptors (Lipinski definition) is 1. The number of carbonyl (C=O) groups excluding carboxylic acids is 1. The maximum atomic E-state index is 12.2. The first-order chi connectivity index (χ1) is 7.36. The van der Waals surface area contributed by atoms with Crippen LogP contribution >= 0.6 is 0 Å². The highest BCUT2D eigenvalue weighted by Crippen LogP contribution is 2.36. The van der Waals surface area contributed by atoms with Crippen LogP contribution in [0.15, 0.2) is 0 Å². The van der Waals surface area contributed by atoms with Crippen molar-refractivity contribution in [3.63, 3.8) is 0 Å². The van der Waals surface area contributed by atoms with E-state index in [0.717, 1.165) is 0 Å². The lowest BCUT2D eigenvalue weighted by Gasteiger charge is -2.40. The smallest absolute Gasteiger partial charge is 0.144 e. The molecule has 15 heavy (non-hydrogen) atoms. The maximum absolute atomic E-state index is 12.2. The van der Waals surface area contributed by atoms with Gasteiger partial charge in [-0.05, 0) is 19.3 Å². The molecule has 1 saturated heterocycles. The molecule has 0 aromatic carbocycles. The Morgan fingerprint density at radius 2 is 1.73 bits per heavy atom. The second-order valence-corrected chi connectivity index (χ2v) is 5.69. The molecule has 1 aliphatic heterocycles. The summed E-state index contributed by atoms with van der Waals surface area (Å²) >= 11 is 0. The summed E-state index contributed by atoms with van der Waals surface area (Å²) in [4.78, 5) is 13.9. The molecule has 0 aromatic rings. The number of nitrogens with one attached hydrogen (secondary N) is 1. The van der Waals surface area contributed by atoms with Crippen LogP contribution in [-0.2, 0) is 4.79 Å². The SMILES string of the molecule is O=C1[C@@H]2CCC[C@H]1[C@H]([NH+]1CCCC1)CC2. The van der Waals surface area contributed by atoms with Gasteiger partial charge in [0.25, 0.3) is 0 Å². The Morgan fingerprint density at radius 3 is 2.53 bits per heavy atom. The molecule has 0 amide bonds. The first-order valence-corrected chi connectivity index (χ1v) is 6.74. The summed E-state index contributed by atoms with van der Waals surface area (Å²) in [5, 5.41) is 0. The fraction of sp³-hybridized carbons (Fsp3) is 0.923. The van der Waals surface area contributed by atoms with Crippen molar-refractivity contribution < 1.29 is 9.69 Å². The number of quaternary nitrogens is 1. The van der Waals surface area contributed by atoms with Crippen LogP contribution in [0, 0.1) is 11.8 Å². The number of hydrogen-bond donors (Lipinski definition) is 1. The predicted octanol–water partition coefficient (Wildman–Crippen LogP) is 0.813. The van der Waals surface area contributed by atoms with Crippen LogP contribution in [0.4, 0.5) is 0 Å². The van der Waals surface area contributed by atoms with Crippen LogP contribution in [0.5, 0.6) is 0 Å². The topological polar surface area (TPSA) is 21.5 Å². The third-order valence-electron chi connectivity index (χ3n) is 4.92. The predicted molar refractivity (Wildman–Crippen MR) is 58.8 cm³/mol. The molecule has 84 valence electrons. The molecular weight excluding hydrogens is 186 g/mol. The molecule has 0 unspecified atom stereocenters. The van der Waals surface area contributed by atoms with Crippen molar-refractivity contribution in [2.75, 3.05) is 13.1 Å². The summed E-state index contributed by atoms with van der Waals surface area (Å²) < 4.78 is 0. The van der Waals surface area contributed by atoms with Gasteiger partial charge >= 0.3 is 0 Å². The Morgan fingerprint density at radius 1 is 0.933 bits per heavy atom. The summed E-state index contributed by atoms with van der Waals surface area (Å²) in [7, 11) is 0. The Balaban J connectivity index is 1.75. The van der Waals surface area contributed by atoms with Gasteiger partial charge in [0.2, 0.25) is 0 Å². The minimum Gasteiger partial charge on any atom is -0.332 e. The van der Waals surface area contributed by atoms with Gasteiger partial charge in [-0.2, -0.15) is 0 Å². The van der Waals surface area contributed by atoms with Crippen LogP contribution in [0.2, 0.25) is 0 Å². The fourth-order valence-electron chi connectivity index (χ4n) is 4.13. The molecule has 3 atom stereocenters. The minimum atomic E-state index is 0.450. The van der Waals surface area contributed by atoms with Gasteiger partial charge in [-0.3, -0.25) is 4.79 Å². The zero-order valence-corrected chi connectivity index (χ0v) is 9.50. The van der Waals surface area contributed by atoms with Crippen LogP contribution in [-0.4, -0.2) is 24.9 Å². The normalized spacial score (nSPS) is 42.1. The largest absolute Gasteiger partial charge is 0.332 e. The molecule has 3 rings (SSSR count). The standard InChI is InChI=1S/C13H21NO/c15-13-10-4-3-5-11(13)12(7-6-10)14-8-1-2-9-14/h10-12H,1-9H2/p+1/t10-,11+,12-/m1/s1. The van der Waals surface area contributed by atoms with Gasteiger partial charge in [0.15, 0.2) is 0 Å². The van der Waals surface area contributed by atoms with Crippen LogP contribution in [0.3, 0.4) is 0 Å². The van der Waals surface area contributed by atoms with E-state index in [9.17, 15) is 4.79 Å². The molecule has 1 N–H and O–H groups in total. The molecule has 0 spiro atoms. The van der Waals surface area contributed by atoms with Gasteiger partial charge in [-0.15, -0.1) is 0 Å². The Bertz CT molecular complexity index is 257. The van der Waals surface area contributed by atoms with Crippen molar-refractivity contribution in [1.82, 2.24) is 0 Å². The molecule has 1 heterocycles. The highest BCUT2D eigenvalue weighted by Gasteiger charge is 2.45. The van der Waals surface area contributed by atoms with E-state index in [1.807, 2.05) is 0 Å². The van der Waals surface area contributed by atoms with Crippen LogP contribution in [0.1, 0.15) is 44.9 Å². The van der Waals surface area contributed by atoms with Gasteiger partial charge in [-0.1, -0.05) is 6.42 Å². The fourth-order valence-corrected chi connectivity index (χ4v) is 4.13. The van der Waals surface area contributed by atoms with E-state index in [1.54, 1.807) is 4.90 Å². The lowest BCUT2D eigenvalue weighted by atomic mass is 9.68. The quantitative estimate of drug-likeness (QED) is 0.677. The van der Waals surface area contributed by atoms with Crippen molar-refractivity contribution >= 4 is 5.78 Å². The Kier molecular flexibility index (Phi) is 2.55. The van der Waals surface area contributed by atoms with Crippen molar-refractivity contribution in [2.24, 2.45) is 11.8 Å². The molecule has 2 saturated carbocycles. The monoisotopic (exact) mass is 208 g/mol. The molecular formula is C13H22NO+. The van der Waals surface area contributed by atoms with Crippen molar-refractivity contribution in [1.29, 1.82) is 0 Å². The average molecular weight is 208 g/mol. The van der Waals surface area contributed by atoms with Gasteiger partial charge in [0.05, 0.1) is 25.0 Å². The van der Waals surface area contributed by atoms with Gasteiger partial charge in [-0.25, -0.2) is 0 Å². The molecule has 0 aromatic heterocycles. The third kappa shape index (κ3) is 1.63. The number of likely N-dealkylation sites (tertiary alicyclic amines) is 1. The van der Waals surface area contributed by atoms with Crippen molar-refractivity contribution in [2.45, 2.75) is 51.0 Å². The molecule has 0 radical (unpaired) electrons. The van der Waals surface area contributed by atoms with E-state index in [4.69, 9.17) is 0 Å². The molecule has 3 aliphatic rings. The van der Waals surface area contributed by atoms with Gasteiger partial charge in [0, 0.05) is 25.2 Å². The van der Waals surface area contributed by atoms with Gasteiger partial charge in [0.1, 0.15) is 5.78 Å².